The van der Waals surface area contributed by atoms with Crippen molar-refractivity contribution >= 4 is 5.97 Å². The van der Waals surface area contributed by atoms with Crippen LogP contribution in [0.2, 0.25) is 0 Å². The molecule has 1 aliphatic rings. The maximum absolute atomic E-state index is 10.3. The van der Waals surface area contributed by atoms with Crippen molar-refractivity contribution in [3.05, 3.63) is 0 Å². The van der Waals surface area contributed by atoms with Crippen molar-refractivity contribution in [3.8, 4) is 0 Å². The summed E-state index contributed by atoms with van der Waals surface area (Å²) >= 11 is 0. The van der Waals surface area contributed by atoms with Gasteiger partial charge in [0.05, 0.1) is 0 Å². The van der Waals surface area contributed by atoms with Crippen molar-refractivity contribution in [2.24, 2.45) is 5.92 Å². The number of rotatable bonds is 1. The predicted octanol–water partition coefficient (Wildman–Crippen LogP) is 0.496. The Morgan fingerprint density at radius 3 is 2.67 bits per heavy atom. The first-order chi connectivity index (χ1) is 4.22. The SMILES string of the molecule is C[C@@H]1CCO[C@H]1C(=O)O. The molecule has 0 aromatic heterocycles. The number of hydrogen-bond acceptors (Lipinski definition) is 2. The number of hydrogen-bond donors (Lipinski definition) is 1. The van der Waals surface area contributed by atoms with Gasteiger partial charge in [-0.3, -0.25) is 0 Å². The van der Waals surface area contributed by atoms with Crippen LogP contribution in [0.1, 0.15) is 13.3 Å². The largest absolute Gasteiger partial charge is 0.479 e. The molecule has 1 heterocycles. The lowest BCUT2D eigenvalue weighted by molar-refractivity contribution is -0.148. The van der Waals surface area contributed by atoms with E-state index in [1.54, 1.807) is 0 Å². The molecule has 0 bridgehead atoms. The zero-order valence-electron chi connectivity index (χ0n) is 5.33. The van der Waals surface area contributed by atoms with Crippen molar-refractivity contribution in [2.75, 3.05) is 6.61 Å². The monoisotopic (exact) mass is 130 g/mol. The summed E-state index contributed by atoms with van der Waals surface area (Å²) in [5.41, 5.74) is 0. The van der Waals surface area contributed by atoms with Gasteiger partial charge in [0.15, 0.2) is 6.10 Å². The van der Waals surface area contributed by atoms with Gasteiger partial charge in [-0.15, -0.1) is 0 Å². The van der Waals surface area contributed by atoms with Gasteiger partial charge in [0.1, 0.15) is 0 Å². The van der Waals surface area contributed by atoms with E-state index in [9.17, 15) is 4.79 Å². The minimum atomic E-state index is -0.833. The first-order valence-electron chi connectivity index (χ1n) is 3.06. The second kappa shape index (κ2) is 2.35. The average molecular weight is 130 g/mol. The quantitative estimate of drug-likeness (QED) is 0.562. The standard InChI is InChI=1S/C6H10O3/c1-4-2-3-9-5(4)6(7)8/h4-5H,2-3H2,1H3,(H,7,8)/t4-,5-/m1/s1. The molecule has 1 N–H and O–H groups in total. The van der Waals surface area contributed by atoms with Crippen LogP contribution < -0.4 is 0 Å². The van der Waals surface area contributed by atoms with E-state index in [-0.39, 0.29) is 5.92 Å². The van der Waals surface area contributed by atoms with Crippen LogP contribution in [-0.2, 0) is 9.53 Å². The first-order valence-corrected chi connectivity index (χ1v) is 3.06. The fourth-order valence-corrected chi connectivity index (χ4v) is 1.01. The molecule has 0 unspecified atom stereocenters. The Morgan fingerprint density at radius 1 is 1.78 bits per heavy atom. The third-order valence-electron chi connectivity index (χ3n) is 1.63. The van der Waals surface area contributed by atoms with E-state index in [0.717, 1.165) is 6.42 Å². The second-order valence-electron chi connectivity index (χ2n) is 2.40. The third kappa shape index (κ3) is 1.21. The predicted molar refractivity (Wildman–Crippen MR) is 31.2 cm³/mol. The molecule has 1 aliphatic heterocycles. The summed E-state index contributed by atoms with van der Waals surface area (Å²) in [5.74, 6) is -0.650. The van der Waals surface area contributed by atoms with Gasteiger partial charge < -0.3 is 9.84 Å². The Kier molecular flexibility index (Phi) is 1.71. The van der Waals surface area contributed by atoms with Crippen LogP contribution in [-0.4, -0.2) is 23.8 Å². The Bertz CT molecular complexity index is 121. The van der Waals surface area contributed by atoms with Gasteiger partial charge in [-0.2, -0.15) is 0 Å². The molecular formula is C6H10O3. The summed E-state index contributed by atoms with van der Waals surface area (Å²) in [4.78, 5) is 10.3. The molecule has 0 aromatic rings. The lowest BCUT2D eigenvalue weighted by Gasteiger charge is -2.06. The Labute approximate surface area is 53.6 Å². The zero-order valence-corrected chi connectivity index (χ0v) is 5.33. The Hall–Kier alpha value is -0.570. The van der Waals surface area contributed by atoms with Crippen LogP contribution in [0.4, 0.5) is 0 Å². The molecule has 0 aromatic carbocycles. The molecule has 9 heavy (non-hydrogen) atoms. The summed E-state index contributed by atoms with van der Waals surface area (Å²) in [6.45, 7) is 2.49. The molecule has 0 aliphatic carbocycles. The Morgan fingerprint density at radius 2 is 2.44 bits per heavy atom. The molecule has 0 spiro atoms. The molecule has 1 fully saturated rings. The molecule has 3 nitrogen and oxygen atoms in total. The number of aliphatic carboxylic acids is 1. The number of carbonyl (C=O) groups is 1. The molecule has 1 saturated heterocycles. The Balaban J connectivity index is 2.49. The smallest absolute Gasteiger partial charge is 0.333 e. The van der Waals surface area contributed by atoms with Crippen molar-refractivity contribution in [2.45, 2.75) is 19.4 Å². The van der Waals surface area contributed by atoms with E-state index in [4.69, 9.17) is 9.84 Å². The molecule has 3 heteroatoms. The fourth-order valence-electron chi connectivity index (χ4n) is 1.01. The highest BCUT2D eigenvalue weighted by molar-refractivity contribution is 5.72. The maximum Gasteiger partial charge on any atom is 0.333 e. The van der Waals surface area contributed by atoms with E-state index in [1.165, 1.54) is 0 Å². The highest BCUT2D eigenvalue weighted by Crippen LogP contribution is 2.19. The van der Waals surface area contributed by atoms with Crippen molar-refractivity contribution in [1.82, 2.24) is 0 Å². The molecule has 1 rings (SSSR count). The summed E-state index contributed by atoms with van der Waals surface area (Å²) in [7, 11) is 0. The van der Waals surface area contributed by atoms with Crippen LogP contribution >= 0.6 is 0 Å². The lowest BCUT2D eigenvalue weighted by Crippen LogP contribution is -2.24. The van der Waals surface area contributed by atoms with Crippen molar-refractivity contribution in [1.29, 1.82) is 0 Å². The summed E-state index contributed by atoms with van der Waals surface area (Å²) in [6.07, 6.45) is 0.321. The van der Waals surface area contributed by atoms with Gasteiger partial charge in [0.2, 0.25) is 0 Å². The van der Waals surface area contributed by atoms with E-state index >= 15 is 0 Å². The molecule has 0 radical (unpaired) electrons. The van der Waals surface area contributed by atoms with Crippen molar-refractivity contribution in [3.63, 3.8) is 0 Å². The topological polar surface area (TPSA) is 46.5 Å². The van der Waals surface area contributed by atoms with Crippen molar-refractivity contribution < 1.29 is 14.6 Å². The highest BCUT2D eigenvalue weighted by atomic mass is 16.5. The molecule has 2 atom stereocenters. The van der Waals surface area contributed by atoms with Crippen LogP contribution in [0.15, 0.2) is 0 Å². The zero-order chi connectivity index (χ0) is 6.85. The van der Waals surface area contributed by atoms with Crippen LogP contribution in [0.3, 0.4) is 0 Å². The van der Waals surface area contributed by atoms with E-state index in [0.29, 0.717) is 6.61 Å². The fraction of sp³-hybridized carbons (Fsp3) is 0.833. The van der Waals surface area contributed by atoms with E-state index < -0.39 is 12.1 Å². The highest BCUT2D eigenvalue weighted by Gasteiger charge is 2.30. The summed E-state index contributed by atoms with van der Waals surface area (Å²) in [5, 5.41) is 8.46. The molecule has 0 amide bonds. The van der Waals surface area contributed by atoms with Gasteiger partial charge in [-0.25, -0.2) is 4.79 Å². The third-order valence-corrected chi connectivity index (χ3v) is 1.63. The van der Waals surface area contributed by atoms with E-state index in [1.807, 2.05) is 6.92 Å². The number of carboxylic acid groups (broad SMARTS) is 1. The van der Waals surface area contributed by atoms with Gasteiger partial charge >= 0.3 is 5.97 Å². The van der Waals surface area contributed by atoms with Gasteiger partial charge in [-0.1, -0.05) is 6.92 Å². The summed E-state index contributed by atoms with van der Waals surface area (Å²) < 4.78 is 4.93. The molecule has 0 saturated carbocycles. The van der Waals surface area contributed by atoms with E-state index in [2.05, 4.69) is 0 Å². The second-order valence-corrected chi connectivity index (χ2v) is 2.40. The lowest BCUT2D eigenvalue weighted by atomic mass is 10.1. The minimum Gasteiger partial charge on any atom is -0.479 e. The number of ether oxygens (including phenoxy) is 1. The van der Waals surface area contributed by atoms with Gasteiger partial charge in [0.25, 0.3) is 0 Å². The molecular weight excluding hydrogens is 120 g/mol. The average Bonchev–Trinajstić information content (AvgIpc) is 2.13. The van der Waals surface area contributed by atoms with Crippen LogP contribution in [0, 0.1) is 5.92 Å². The van der Waals surface area contributed by atoms with Gasteiger partial charge in [0, 0.05) is 6.61 Å². The number of carboxylic acids is 1. The maximum atomic E-state index is 10.3. The van der Waals surface area contributed by atoms with Crippen LogP contribution in [0.5, 0.6) is 0 Å². The normalized spacial score (nSPS) is 34.8. The summed E-state index contributed by atoms with van der Waals surface area (Å²) in [6, 6.07) is 0. The minimum absolute atomic E-state index is 0.183. The van der Waals surface area contributed by atoms with Gasteiger partial charge in [-0.05, 0) is 12.3 Å². The first kappa shape index (κ1) is 6.55. The van der Waals surface area contributed by atoms with Crippen LogP contribution in [0.25, 0.3) is 0 Å². The molecule has 52 valence electrons.